The first kappa shape index (κ1) is 12.7. The number of aromatic amines is 2. The maximum Gasteiger partial charge on any atom is 0.352 e. The van der Waals surface area contributed by atoms with Crippen molar-refractivity contribution in [1.29, 1.82) is 0 Å². The fourth-order valence-corrected chi connectivity index (χ4v) is 1.35. The fraction of sp³-hybridized carbons (Fsp3) is 0.333. The number of hydrogen-bond acceptors (Lipinski definition) is 4. The van der Waals surface area contributed by atoms with Crippen LogP contribution < -0.4 is 11.2 Å². The van der Waals surface area contributed by atoms with Gasteiger partial charge >= 0.3 is 17.6 Å². The van der Waals surface area contributed by atoms with Crippen LogP contribution in [0, 0.1) is 0 Å². The molecule has 92 valence electrons. The lowest BCUT2D eigenvalue weighted by atomic mass is 9.84. The first-order chi connectivity index (χ1) is 7.67. The highest BCUT2D eigenvalue weighted by atomic mass is 16.4. The summed E-state index contributed by atoms with van der Waals surface area (Å²) < 4.78 is 0. The molecule has 8 nitrogen and oxygen atoms in total. The van der Waals surface area contributed by atoms with Crippen LogP contribution in [0.1, 0.15) is 29.9 Å². The van der Waals surface area contributed by atoms with Gasteiger partial charge in [0, 0.05) is 0 Å². The maximum atomic E-state index is 11.5. The van der Waals surface area contributed by atoms with E-state index in [1.807, 2.05) is 4.98 Å². The van der Waals surface area contributed by atoms with Crippen molar-refractivity contribution < 1.29 is 19.8 Å². The van der Waals surface area contributed by atoms with Gasteiger partial charge in [-0.1, -0.05) is 0 Å². The number of hydrogen-bond donors (Lipinski definition) is 4. The van der Waals surface area contributed by atoms with Crippen molar-refractivity contribution in [2.75, 3.05) is 0 Å². The average molecular weight is 242 g/mol. The van der Waals surface area contributed by atoms with Gasteiger partial charge in [-0.15, -0.1) is 0 Å². The van der Waals surface area contributed by atoms with Crippen molar-refractivity contribution in [2.24, 2.45) is 0 Å². The summed E-state index contributed by atoms with van der Waals surface area (Å²) in [6.45, 7) is 2.34. The highest BCUT2D eigenvalue weighted by molar-refractivity contribution is 5.91. The zero-order valence-corrected chi connectivity index (χ0v) is 9.03. The predicted octanol–water partition coefficient (Wildman–Crippen LogP) is -0.876. The zero-order chi connectivity index (χ0) is 13.4. The number of H-pyrrole nitrogens is 2. The van der Waals surface area contributed by atoms with Crippen molar-refractivity contribution >= 4 is 11.9 Å². The van der Waals surface area contributed by atoms with E-state index < -0.39 is 39.9 Å². The Morgan fingerprint density at radius 2 is 1.65 bits per heavy atom. The molecule has 1 heterocycles. The van der Waals surface area contributed by atoms with Crippen LogP contribution in [0.4, 0.5) is 0 Å². The van der Waals surface area contributed by atoms with Gasteiger partial charge in [0.1, 0.15) is 5.69 Å². The molecule has 0 amide bonds. The molecule has 0 radical (unpaired) electrons. The smallest absolute Gasteiger partial charge is 0.352 e. The van der Waals surface area contributed by atoms with Crippen molar-refractivity contribution in [1.82, 2.24) is 9.97 Å². The molecule has 0 aromatic carbocycles. The number of aromatic carboxylic acids is 1. The van der Waals surface area contributed by atoms with Crippen molar-refractivity contribution in [2.45, 2.75) is 19.3 Å². The third kappa shape index (κ3) is 2.10. The monoisotopic (exact) mass is 242 g/mol. The molecule has 4 N–H and O–H groups in total. The second kappa shape index (κ2) is 3.89. The maximum absolute atomic E-state index is 11.5. The molecular formula is C9H10N2O6. The summed E-state index contributed by atoms with van der Waals surface area (Å²) in [6, 6.07) is 0. The highest BCUT2D eigenvalue weighted by Crippen LogP contribution is 2.21. The molecule has 1 rings (SSSR count). The Labute approximate surface area is 93.9 Å². The lowest BCUT2D eigenvalue weighted by Gasteiger charge is -2.19. The molecule has 0 aliphatic rings. The van der Waals surface area contributed by atoms with Gasteiger partial charge in [-0.3, -0.25) is 14.6 Å². The third-order valence-corrected chi connectivity index (χ3v) is 2.32. The first-order valence-corrected chi connectivity index (χ1v) is 4.51. The topological polar surface area (TPSA) is 140 Å². The lowest BCUT2D eigenvalue weighted by Crippen LogP contribution is -2.41. The summed E-state index contributed by atoms with van der Waals surface area (Å²) in [4.78, 5) is 48.0. The molecular weight excluding hydrogens is 232 g/mol. The summed E-state index contributed by atoms with van der Waals surface area (Å²) in [5.74, 6) is -2.95. The van der Waals surface area contributed by atoms with Crippen LogP contribution in [-0.2, 0) is 10.2 Å². The molecule has 0 saturated heterocycles. The minimum Gasteiger partial charge on any atom is -0.481 e. The standard InChI is InChI=1S/C9H10N2O6/c1-9(2,7(15)16)3-4(6(13)14)10-8(17)11-5(3)12/h1-2H3,(H,13,14)(H,15,16)(H2,10,11,12,17). The molecule has 0 fully saturated rings. The van der Waals surface area contributed by atoms with Gasteiger partial charge in [-0.2, -0.15) is 0 Å². The molecule has 0 atom stereocenters. The van der Waals surface area contributed by atoms with Gasteiger partial charge in [0.15, 0.2) is 0 Å². The second-order valence-corrected chi connectivity index (χ2v) is 3.89. The van der Waals surface area contributed by atoms with Crippen LogP contribution in [0.25, 0.3) is 0 Å². The molecule has 0 aliphatic carbocycles. The predicted molar refractivity (Wildman–Crippen MR) is 55.3 cm³/mol. The highest BCUT2D eigenvalue weighted by Gasteiger charge is 2.37. The van der Waals surface area contributed by atoms with E-state index in [1.54, 1.807) is 4.98 Å². The normalized spacial score (nSPS) is 11.2. The van der Waals surface area contributed by atoms with Crippen LogP contribution in [0.15, 0.2) is 9.59 Å². The van der Waals surface area contributed by atoms with Crippen LogP contribution in [-0.4, -0.2) is 32.1 Å². The van der Waals surface area contributed by atoms with Gasteiger partial charge in [0.2, 0.25) is 0 Å². The number of aromatic nitrogens is 2. The van der Waals surface area contributed by atoms with E-state index in [1.165, 1.54) is 13.8 Å². The van der Waals surface area contributed by atoms with E-state index in [9.17, 15) is 19.2 Å². The van der Waals surface area contributed by atoms with E-state index in [-0.39, 0.29) is 0 Å². The molecule has 1 aromatic heterocycles. The Kier molecular flexibility index (Phi) is 2.90. The summed E-state index contributed by atoms with van der Waals surface area (Å²) >= 11 is 0. The summed E-state index contributed by atoms with van der Waals surface area (Å²) in [7, 11) is 0. The molecule has 17 heavy (non-hydrogen) atoms. The van der Waals surface area contributed by atoms with Crippen molar-refractivity contribution in [3.05, 3.63) is 32.1 Å². The molecule has 1 aromatic rings. The molecule has 0 aliphatic heterocycles. The molecule has 0 unspecified atom stereocenters. The van der Waals surface area contributed by atoms with Gasteiger partial charge in [-0.25, -0.2) is 9.59 Å². The van der Waals surface area contributed by atoms with E-state index >= 15 is 0 Å². The number of nitrogens with one attached hydrogen (secondary N) is 2. The summed E-state index contributed by atoms with van der Waals surface area (Å²) in [6.07, 6.45) is 0. The zero-order valence-electron chi connectivity index (χ0n) is 9.03. The number of aliphatic carboxylic acids is 1. The third-order valence-electron chi connectivity index (χ3n) is 2.32. The summed E-state index contributed by atoms with van der Waals surface area (Å²) in [5.41, 5.74) is -4.98. The quantitative estimate of drug-likeness (QED) is 0.542. The Morgan fingerprint density at radius 1 is 1.12 bits per heavy atom. The van der Waals surface area contributed by atoms with Crippen molar-refractivity contribution in [3.63, 3.8) is 0 Å². The van der Waals surface area contributed by atoms with Gasteiger partial charge < -0.3 is 15.2 Å². The minimum atomic E-state index is -1.73. The number of carbonyl (C=O) groups is 2. The molecule has 8 heteroatoms. The average Bonchev–Trinajstić information content (AvgIpc) is 2.15. The number of carboxylic acid groups (broad SMARTS) is 2. The Balaban J connectivity index is 3.75. The van der Waals surface area contributed by atoms with E-state index in [4.69, 9.17) is 10.2 Å². The molecule has 0 saturated carbocycles. The number of carboxylic acids is 2. The van der Waals surface area contributed by atoms with E-state index in [2.05, 4.69) is 0 Å². The first-order valence-electron chi connectivity index (χ1n) is 4.51. The van der Waals surface area contributed by atoms with Gasteiger partial charge in [-0.05, 0) is 13.8 Å². The Hall–Kier alpha value is -2.38. The van der Waals surface area contributed by atoms with Crippen LogP contribution >= 0.6 is 0 Å². The van der Waals surface area contributed by atoms with Crippen LogP contribution in [0.5, 0.6) is 0 Å². The number of rotatable bonds is 3. The van der Waals surface area contributed by atoms with Gasteiger partial charge in [0.25, 0.3) is 5.56 Å². The molecule has 0 spiro atoms. The Morgan fingerprint density at radius 3 is 2.06 bits per heavy atom. The van der Waals surface area contributed by atoms with Crippen LogP contribution in [0.2, 0.25) is 0 Å². The van der Waals surface area contributed by atoms with Crippen molar-refractivity contribution in [3.8, 4) is 0 Å². The van der Waals surface area contributed by atoms with Gasteiger partial charge in [0.05, 0.1) is 11.0 Å². The second-order valence-electron chi connectivity index (χ2n) is 3.89. The van der Waals surface area contributed by atoms with E-state index in [0.29, 0.717) is 0 Å². The fourth-order valence-electron chi connectivity index (χ4n) is 1.35. The lowest BCUT2D eigenvalue weighted by molar-refractivity contribution is -0.142. The SMILES string of the molecule is CC(C)(C(=O)O)c1c(C(=O)O)[nH]c(=O)[nH]c1=O. The summed E-state index contributed by atoms with van der Waals surface area (Å²) in [5, 5.41) is 17.8. The largest absolute Gasteiger partial charge is 0.481 e. The van der Waals surface area contributed by atoms with Crippen LogP contribution in [0.3, 0.4) is 0 Å². The molecule has 0 bridgehead atoms. The minimum absolute atomic E-state index is 0.503. The Bertz CT molecular complexity index is 594. The van der Waals surface area contributed by atoms with E-state index in [0.717, 1.165) is 0 Å².